The fourth-order valence-electron chi connectivity index (χ4n) is 1.97. The summed E-state index contributed by atoms with van der Waals surface area (Å²) in [7, 11) is 1.63. The maximum atomic E-state index is 11.9. The standard InChI is InChI=1S/C12H24N2O3/c1-12(9-13)4-5-14(10-12)11(15)3-6-17-8-7-16-2/h3-10,13H2,1-2H3. The first-order valence-corrected chi connectivity index (χ1v) is 6.16. The fourth-order valence-corrected chi connectivity index (χ4v) is 1.97. The molecule has 1 aliphatic rings. The smallest absolute Gasteiger partial charge is 0.224 e. The molecule has 5 heteroatoms. The average molecular weight is 244 g/mol. The van der Waals surface area contributed by atoms with Gasteiger partial charge in [-0.05, 0) is 18.4 Å². The molecule has 1 aliphatic heterocycles. The molecule has 0 aromatic rings. The molecule has 1 fully saturated rings. The van der Waals surface area contributed by atoms with Crippen molar-refractivity contribution in [1.82, 2.24) is 4.90 Å². The van der Waals surface area contributed by atoms with E-state index >= 15 is 0 Å². The van der Waals surface area contributed by atoms with Gasteiger partial charge in [-0.15, -0.1) is 0 Å². The van der Waals surface area contributed by atoms with E-state index in [0.717, 1.165) is 19.5 Å². The van der Waals surface area contributed by atoms with Crippen LogP contribution in [0.25, 0.3) is 0 Å². The third-order valence-corrected chi connectivity index (χ3v) is 3.30. The molecule has 0 radical (unpaired) electrons. The summed E-state index contributed by atoms with van der Waals surface area (Å²) in [4.78, 5) is 13.8. The van der Waals surface area contributed by atoms with Gasteiger partial charge in [0.05, 0.1) is 26.2 Å². The van der Waals surface area contributed by atoms with Crippen molar-refractivity contribution in [2.24, 2.45) is 11.1 Å². The quantitative estimate of drug-likeness (QED) is 0.651. The first-order chi connectivity index (χ1) is 8.11. The number of hydrogen-bond acceptors (Lipinski definition) is 4. The molecule has 0 aromatic carbocycles. The molecule has 5 nitrogen and oxygen atoms in total. The number of likely N-dealkylation sites (tertiary alicyclic amines) is 1. The van der Waals surface area contributed by atoms with E-state index in [1.807, 2.05) is 4.90 Å². The molecule has 1 rings (SSSR count). The molecular formula is C12H24N2O3. The largest absolute Gasteiger partial charge is 0.382 e. The Hall–Kier alpha value is -0.650. The second-order valence-corrected chi connectivity index (χ2v) is 4.94. The summed E-state index contributed by atoms with van der Waals surface area (Å²) >= 11 is 0. The van der Waals surface area contributed by atoms with Crippen LogP contribution >= 0.6 is 0 Å². The number of methoxy groups -OCH3 is 1. The van der Waals surface area contributed by atoms with Crippen LogP contribution in [-0.4, -0.2) is 57.4 Å². The number of ether oxygens (including phenoxy) is 2. The maximum absolute atomic E-state index is 11.9. The lowest BCUT2D eigenvalue weighted by Gasteiger charge is -2.22. The lowest BCUT2D eigenvalue weighted by molar-refractivity contribution is -0.131. The third kappa shape index (κ3) is 4.61. The monoisotopic (exact) mass is 244 g/mol. The molecule has 0 spiro atoms. The van der Waals surface area contributed by atoms with E-state index < -0.39 is 0 Å². The zero-order valence-corrected chi connectivity index (χ0v) is 10.9. The van der Waals surface area contributed by atoms with E-state index in [2.05, 4.69) is 6.92 Å². The Morgan fingerprint density at radius 3 is 2.76 bits per heavy atom. The van der Waals surface area contributed by atoms with Crippen molar-refractivity contribution in [3.05, 3.63) is 0 Å². The van der Waals surface area contributed by atoms with Gasteiger partial charge in [-0.1, -0.05) is 6.92 Å². The first-order valence-electron chi connectivity index (χ1n) is 6.16. The highest BCUT2D eigenvalue weighted by Gasteiger charge is 2.34. The lowest BCUT2D eigenvalue weighted by Crippen LogP contribution is -2.34. The second-order valence-electron chi connectivity index (χ2n) is 4.94. The van der Waals surface area contributed by atoms with Crippen LogP contribution in [0.4, 0.5) is 0 Å². The predicted octanol–water partition coefficient (Wildman–Crippen LogP) is 0.237. The van der Waals surface area contributed by atoms with Crippen molar-refractivity contribution in [3.8, 4) is 0 Å². The van der Waals surface area contributed by atoms with E-state index in [4.69, 9.17) is 15.2 Å². The third-order valence-electron chi connectivity index (χ3n) is 3.30. The summed E-state index contributed by atoms with van der Waals surface area (Å²) < 4.78 is 10.1. The van der Waals surface area contributed by atoms with Crippen molar-refractivity contribution in [3.63, 3.8) is 0 Å². The molecule has 0 saturated carbocycles. The van der Waals surface area contributed by atoms with Crippen molar-refractivity contribution in [2.45, 2.75) is 19.8 Å². The summed E-state index contributed by atoms with van der Waals surface area (Å²) in [5.41, 5.74) is 5.81. The van der Waals surface area contributed by atoms with Gasteiger partial charge in [-0.3, -0.25) is 4.79 Å². The Morgan fingerprint density at radius 2 is 2.18 bits per heavy atom. The molecule has 1 saturated heterocycles. The molecule has 2 N–H and O–H groups in total. The molecule has 17 heavy (non-hydrogen) atoms. The van der Waals surface area contributed by atoms with Crippen LogP contribution in [0.15, 0.2) is 0 Å². The molecular weight excluding hydrogens is 220 g/mol. The van der Waals surface area contributed by atoms with E-state index in [9.17, 15) is 4.79 Å². The van der Waals surface area contributed by atoms with Gasteiger partial charge in [0.25, 0.3) is 0 Å². The topological polar surface area (TPSA) is 64.8 Å². The van der Waals surface area contributed by atoms with Gasteiger partial charge in [0.15, 0.2) is 0 Å². The average Bonchev–Trinajstić information content (AvgIpc) is 2.72. The maximum Gasteiger partial charge on any atom is 0.224 e. The van der Waals surface area contributed by atoms with Crippen LogP contribution in [0.5, 0.6) is 0 Å². The van der Waals surface area contributed by atoms with Crippen molar-refractivity contribution < 1.29 is 14.3 Å². The van der Waals surface area contributed by atoms with Gasteiger partial charge in [0.2, 0.25) is 5.91 Å². The summed E-state index contributed by atoms with van der Waals surface area (Å²) in [6, 6.07) is 0. The lowest BCUT2D eigenvalue weighted by atomic mass is 9.90. The molecule has 1 atom stereocenters. The Labute approximate surface area is 103 Å². The van der Waals surface area contributed by atoms with Gasteiger partial charge in [0.1, 0.15) is 0 Å². The highest BCUT2D eigenvalue weighted by atomic mass is 16.5. The molecule has 0 aromatic heterocycles. The number of nitrogens with two attached hydrogens (primary N) is 1. The molecule has 1 heterocycles. The van der Waals surface area contributed by atoms with Crippen LogP contribution in [-0.2, 0) is 14.3 Å². The van der Waals surface area contributed by atoms with Gasteiger partial charge in [0, 0.05) is 20.2 Å². The van der Waals surface area contributed by atoms with Gasteiger partial charge >= 0.3 is 0 Å². The molecule has 0 aliphatic carbocycles. The number of nitrogens with zero attached hydrogens (tertiary/aromatic N) is 1. The predicted molar refractivity (Wildman–Crippen MR) is 65.7 cm³/mol. The SMILES string of the molecule is COCCOCCC(=O)N1CCC(C)(CN)C1. The fraction of sp³-hybridized carbons (Fsp3) is 0.917. The van der Waals surface area contributed by atoms with Crippen LogP contribution in [0.2, 0.25) is 0 Å². The van der Waals surface area contributed by atoms with Gasteiger partial charge in [-0.25, -0.2) is 0 Å². The molecule has 1 unspecified atom stereocenters. The van der Waals surface area contributed by atoms with Crippen LogP contribution in [0.1, 0.15) is 19.8 Å². The minimum absolute atomic E-state index is 0.104. The Kier molecular flexibility index (Phi) is 5.88. The number of carbonyl (C=O) groups excluding carboxylic acids is 1. The normalized spacial score (nSPS) is 24.3. The summed E-state index contributed by atoms with van der Waals surface area (Å²) in [6.07, 6.45) is 1.45. The van der Waals surface area contributed by atoms with E-state index in [1.54, 1.807) is 7.11 Å². The minimum Gasteiger partial charge on any atom is -0.382 e. The van der Waals surface area contributed by atoms with Crippen molar-refractivity contribution >= 4 is 5.91 Å². The Balaban J connectivity index is 2.17. The highest BCUT2D eigenvalue weighted by Crippen LogP contribution is 2.28. The van der Waals surface area contributed by atoms with E-state index in [-0.39, 0.29) is 11.3 Å². The highest BCUT2D eigenvalue weighted by molar-refractivity contribution is 5.76. The number of amides is 1. The zero-order valence-electron chi connectivity index (χ0n) is 10.9. The van der Waals surface area contributed by atoms with Gasteiger partial charge < -0.3 is 20.1 Å². The molecule has 1 amide bonds. The van der Waals surface area contributed by atoms with Crippen LogP contribution in [0.3, 0.4) is 0 Å². The summed E-state index contributed by atoms with van der Waals surface area (Å²) in [6.45, 7) is 5.97. The van der Waals surface area contributed by atoms with Gasteiger partial charge in [-0.2, -0.15) is 0 Å². The summed E-state index contributed by atoms with van der Waals surface area (Å²) in [5.74, 6) is 0.166. The first kappa shape index (κ1) is 14.4. The number of rotatable bonds is 7. The van der Waals surface area contributed by atoms with E-state index in [0.29, 0.717) is 32.8 Å². The summed E-state index contributed by atoms with van der Waals surface area (Å²) in [5, 5.41) is 0. The Morgan fingerprint density at radius 1 is 1.41 bits per heavy atom. The van der Waals surface area contributed by atoms with Crippen molar-refractivity contribution in [1.29, 1.82) is 0 Å². The second kappa shape index (κ2) is 6.93. The van der Waals surface area contributed by atoms with Crippen molar-refractivity contribution in [2.75, 3.05) is 46.6 Å². The van der Waals surface area contributed by atoms with Crippen LogP contribution < -0.4 is 5.73 Å². The van der Waals surface area contributed by atoms with Crippen LogP contribution in [0, 0.1) is 5.41 Å². The van der Waals surface area contributed by atoms with E-state index in [1.165, 1.54) is 0 Å². The molecule has 0 bridgehead atoms. The number of carbonyl (C=O) groups is 1. The Bertz CT molecular complexity index is 248. The molecule has 100 valence electrons. The zero-order chi connectivity index (χ0) is 12.7. The number of hydrogen-bond donors (Lipinski definition) is 1. The minimum atomic E-state index is 0.104.